The maximum absolute atomic E-state index is 12.3. The number of rotatable bonds is 3. The van der Waals surface area contributed by atoms with E-state index in [0.717, 1.165) is 16.6 Å². The topological polar surface area (TPSA) is 96.7 Å². The van der Waals surface area contributed by atoms with Crippen molar-refractivity contribution in [2.24, 2.45) is 0 Å². The monoisotopic (exact) mass is 434 g/mol. The first-order chi connectivity index (χ1) is 14.1. The standard InChI is InChI=1S/C21H27ClN4O4/c1-21(2,3)30-20(29)24-14-6-7-25(11-16(14)27)9-12-10-26-17(28)5-4-15-19(26)18(12)13(22)8-23-15/h4-5,8,12,14,16,27H,6-7,9-11H2,1-3H3,(H,24,29)/t12?,14-,16+/m0/s1. The van der Waals surface area contributed by atoms with Crippen LogP contribution in [-0.2, 0) is 11.3 Å². The fraction of sp³-hybridized carbons (Fsp3) is 0.571. The lowest BCUT2D eigenvalue weighted by molar-refractivity contribution is 0.0186. The van der Waals surface area contributed by atoms with Crippen molar-refractivity contribution in [2.75, 3.05) is 19.6 Å². The van der Waals surface area contributed by atoms with Crippen molar-refractivity contribution in [1.29, 1.82) is 0 Å². The van der Waals surface area contributed by atoms with E-state index >= 15 is 0 Å². The molecule has 162 valence electrons. The van der Waals surface area contributed by atoms with Crippen molar-refractivity contribution in [3.63, 3.8) is 0 Å². The molecule has 3 atom stereocenters. The van der Waals surface area contributed by atoms with Gasteiger partial charge in [0.15, 0.2) is 0 Å². The highest BCUT2D eigenvalue weighted by Gasteiger charge is 2.34. The molecule has 4 rings (SSSR count). The average Bonchev–Trinajstić information content (AvgIpc) is 3.02. The van der Waals surface area contributed by atoms with Gasteiger partial charge < -0.3 is 19.7 Å². The summed E-state index contributed by atoms with van der Waals surface area (Å²) in [7, 11) is 0. The molecule has 30 heavy (non-hydrogen) atoms. The Morgan fingerprint density at radius 2 is 2.13 bits per heavy atom. The Morgan fingerprint density at radius 1 is 1.37 bits per heavy atom. The van der Waals surface area contributed by atoms with Crippen molar-refractivity contribution in [1.82, 2.24) is 19.8 Å². The van der Waals surface area contributed by atoms with E-state index in [1.165, 1.54) is 6.07 Å². The molecule has 4 heterocycles. The zero-order valence-corrected chi connectivity index (χ0v) is 18.1. The fourth-order valence-electron chi connectivity index (χ4n) is 4.40. The van der Waals surface area contributed by atoms with Gasteiger partial charge in [0.25, 0.3) is 5.56 Å². The van der Waals surface area contributed by atoms with Crippen LogP contribution < -0.4 is 10.9 Å². The van der Waals surface area contributed by atoms with E-state index in [-0.39, 0.29) is 17.5 Å². The number of pyridine rings is 2. The number of carbonyl (C=O) groups is 1. The summed E-state index contributed by atoms with van der Waals surface area (Å²) in [5, 5.41) is 13.9. The molecule has 0 aromatic carbocycles. The normalized spacial score (nSPS) is 24.2. The summed E-state index contributed by atoms with van der Waals surface area (Å²) in [6.07, 6.45) is 1.03. The van der Waals surface area contributed by atoms with E-state index in [0.29, 0.717) is 37.6 Å². The van der Waals surface area contributed by atoms with Gasteiger partial charge in [-0.25, -0.2) is 4.79 Å². The highest BCUT2D eigenvalue weighted by molar-refractivity contribution is 6.32. The van der Waals surface area contributed by atoms with Crippen LogP contribution >= 0.6 is 11.6 Å². The molecule has 0 spiro atoms. The number of carbonyl (C=O) groups excluding carboxylic acids is 1. The second-order valence-corrected chi connectivity index (χ2v) is 9.51. The van der Waals surface area contributed by atoms with Crippen LogP contribution in [0.15, 0.2) is 23.1 Å². The Hall–Kier alpha value is -2.16. The number of nitrogens with zero attached hydrogens (tertiary/aromatic N) is 3. The third-order valence-corrected chi connectivity index (χ3v) is 5.95. The van der Waals surface area contributed by atoms with Crippen molar-refractivity contribution in [2.45, 2.75) is 57.4 Å². The van der Waals surface area contributed by atoms with E-state index in [1.807, 2.05) is 0 Å². The Bertz CT molecular complexity index is 1030. The number of hydrogen-bond donors (Lipinski definition) is 2. The molecule has 1 fully saturated rings. The van der Waals surface area contributed by atoms with Gasteiger partial charge in [0.2, 0.25) is 0 Å². The molecule has 2 aliphatic heterocycles. The third-order valence-electron chi connectivity index (χ3n) is 5.65. The number of halogens is 1. The van der Waals surface area contributed by atoms with Crippen molar-refractivity contribution < 1.29 is 14.6 Å². The molecule has 9 heteroatoms. The van der Waals surface area contributed by atoms with Crippen LogP contribution in [0.3, 0.4) is 0 Å². The molecule has 2 aromatic heterocycles. The highest BCUT2D eigenvalue weighted by atomic mass is 35.5. The molecule has 8 nitrogen and oxygen atoms in total. The molecule has 1 amide bonds. The number of piperidine rings is 1. The lowest BCUT2D eigenvalue weighted by atomic mass is 9.97. The number of hydrogen-bond acceptors (Lipinski definition) is 6. The number of aliphatic hydroxyl groups excluding tert-OH is 1. The minimum atomic E-state index is -0.703. The van der Waals surface area contributed by atoms with Crippen LogP contribution in [0.25, 0.3) is 11.0 Å². The van der Waals surface area contributed by atoms with Crippen molar-refractivity contribution in [3.05, 3.63) is 39.3 Å². The number of nitrogens with one attached hydrogen (secondary N) is 1. The fourth-order valence-corrected chi connectivity index (χ4v) is 4.69. The van der Waals surface area contributed by atoms with Gasteiger partial charge in [-0.15, -0.1) is 0 Å². The maximum Gasteiger partial charge on any atom is 0.407 e. The lowest BCUT2D eigenvalue weighted by Crippen LogP contribution is -2.55. The predicted molar refractivity (Wildman–Crippen MR) is 114 cm³/mol. The highest BCUT2D eigenvalue weighted by Crippen LogP contribution is 2.37. The molecule has 0 aliphatic carbocycles. The number of aromatic nitrogens is 2. The Labute approximate surface area is 179 Å². The van der Waals surface area contributed by atoms with Gasteiger partial charge in [0.05, 0.1) is 28.2 Å². The number of β-amino-alcohol motifs (C(OH)–C–C–N with tert-alkyl or cyclic N) is 1. The Balaban J connectivity index is 1.43. The Kier molecular flexibility index (Phi) is 5.50. The molecule has 0 radical (unpaired) electrons. The molecule has 1 unspecified atom stereocenters. The number of amides is 1. The summed E-state index contributed by atoms with van der Waals surface area (Å²) < 4.78 is 7.03. The van der Waals surface area contributed by atoms with Gasteiger partial charge in [-0.2, -0.15) is 0 Å². The van der Waals surface area contributed by atoms with E-state index in [4.69, 9.17) is 16.3 Å². The van der Waals surface area contributed by atoms with Gasteiger partial charge >= 0.3 is 6.09 Å². The van der Waals surface area contributed by atoms with Gasteiger partial charge in [-0.1, -0.05) is 11.6 Å². The lowest BCUT2D eigenvalue weighted by Gasteiger charge is -2.37. The Morgan fingerprint density at radius 3 is 2.83 bits per heavy atom. The summed E-state index contributed by atoms with van der Waals surface area (Å²) in [5.74, 6) is 0.0423. The average molecular weight is 435 g/mol. The zero-order chi connectivity index (χ0) is 21.6. The second-order valence-electron chi connectivity index (χ2n) is 9.10. The van der Waals surface area contributed by atoms with Gasteiger partial charge in [-0.05, 0) is 33.3 Å². The van der Waals surface area contributed by atoms with E-state index in [1.54, 1.807) is 37.6 Å². The minimum absolute atomic E-state index is 0.0423. The van der Waals surface area contributed by atoms with Crippen LogP contribution in [0.1, 0.15) is 38.7 Å². The molecule has 1 saturated heterocycles. The van der Waals surface area contributed by atoms with E-state index in [2.05, 4.69) is 15.2 Å². The summed E-state index contributed by atoms with van der Waals surface area (Å²) in [6, 6.07) is 2.91. The minimum Gasteiger partial charge on any atom is -0.444 e. The molecule has 0 saturated carbocycles. The zero-order valence-electron chi connectivity index (χ0n) is 17.4. The summed E-state index contributed by atoms with van der Waals surface area (Å²) in [6.45, 7) is 7.76. The number of likely N-dealkylation sites (tertiary alicyclic amines) is 1. The first kappa shape index (κ1) is 21.1. The first-order valence-electron chi connectivity index (χ1n) is 10.2. The predicted octanol–water partition coefficient (Wildman–Crippen LogP) is 2.11. The van der Waals surface area contributed by atoms with Gasteiger partial charge in [0.1, 0.15) is 5.60 Å². The molecule has 2 N–H and O–H groups in total. The van der Waals surface area contributed by atoms with Gasteiger partial charge in [-0.3, -0.25) is 14.7 Å². The largest absolute Gasteiger partial charge is 0.444 e. The van der Waals surface area contributed by atoms with Crippen LogP contribution in [-0.4, -0.2) is 63.0 Å². The smallest absolute Gasteiger partial charge is 0.407 e. The van der Waals surface area contributed by atoms with E-state index in [9.17, 15) is 14.7 Å². The SMILES string of the molecule is CC(C)(C)OC(=O)N[C@H]1CCN(CC2Cn3c(=O)ccc4ncc(Cl)c2c43)C[C@H]1O. The van der Waals surface area contributed by atoms with Crippen molar-refractivity contribution >= 4 is 28.7 Å². The van der Waals surface area contributed by atoms with Crippen LogP contribution in [0, 0.1) is 0 Å². The van der Waals surface area contributed by atoms with Gasteiger partial charge in [0, 0.05) is 49.9 Å². The second kappa shape index (κ2) is 7.83. The summed E-state index contributed by atoms with van der Waals surface area (Å²) in [4.78, 5) is 30.9. The molecule has 2 aromatic rings. The quantitative estimate of drug-likeness (QED) is 0.768. The van der Waals surface area contributed by atoms with Crippen molar-refractivity contribution in [3.8, 4) is 0 Å². The maximum atomic E-state index is 12.3. The first-order valence-corrected chi connectivity index (χ1v) is 10.6. The molecule has 2 aliphatic rings. The number of ether oxygens (including phenoxy) is 1. The molecular formula is C21H27ClN4O4. The van der Waals surface area contributed by atoms with E-state index < -0.39 is 17.8 Å². The van der Waals surface area contributed by atoms with Crippen LogP contribution in [0.4, 0.5) is 4.79 Å². The summed E-state index contributed by atoms with van der Waals surface area (Å²) in [5.41, 5.74) is 1.87. The van der Waals surface area contributed by atoms with Crippen LogP contribution in [0.2, 0.25) is 5.02 Å². The third kappa shape index (κ3) is 4.17. The molecular weight excluding hydrogens is 408 g/mol. The van der Waals surface area contributed by atoms with Crippen LogP contribution in [0.5, 0.6) is 0 Å². The summed E-state index contributed by atoms with van der Waals surface area (Å²) >= 11 is 6.46. The molecule has 0 bridgehead atoms. The number of aliphatic hydroxyl groups is 1. The number of alkyl carbamates (subject to hydrolysis) is 1.